The molecule has 1 atom stereocenters. The van der Waals surface area contributed by atoms with Crippen LogP contribution in [-0.4, -0.2) is 31.7 Å². The number of carbonyl (C=O) groups excluding carboxylic acids is 2. The molecule has 1 aliphatic heterocycles. The van der Waals surface area contributed by atoms with Gasteiger partial charge in [-0.25, -0.2) is 0 Å². The number of hydrogen-bond acceptors (Lipinski definition) is 5. The average molecular weight is 421 g/mol. The van der Waals surface area contributed by atoms with Crippen LogP contribution in [0.25, 0.3) is 0 Å². The fraction of sp³-hybridized carbons (Fsp3) is 0.130. The number of imide groups is 1. The van der Waals surface area contributed by atoms with E-state index in [1.54, 1.807) is 66.7 Å². The molecular weight excluding hydrogens is 402 g/mol. The quantitative estimate of drug-likeness (QED) is 0.447. The molecule has 3 aromatic rings. The van der Waals surface area contributed by atoms with Gasteiger partial charge in [-0.3, -0.25) is 18.7 Å². The third-order valence-electron chi connectivity index (χ3n) is 5.01. The molecule has 3 aromatic carbocycles. The summed E-state index contributed by atoms with van der Waals surface area (Å²) >= 11 is 0. The van der Waals surface area contributed by atoms with Crippen molar-refractivity contribution in [3.8, 4) is 0 Å². The Balaban J connectivity index is 1.66. The van der Waals surface area contributed by atoms with Gasteiger partial charge in [0.25, 0.3) is 21.9 Å². The van der Waals surface area contributed by atoms with Crippen LogP contribution in [0.15, 0.2) is 83.8 Å². The standard InChI is InChI=1S/C23H19NO5S/c1-16-11-13-18(14-12-16)30(27,28)29-15-21(17-7-3-2-4-8-17)24-22(25)19-9-5-6-10-20(19)23(24)26/h2-14,21H,15H2,1H3. The second-order valence-corrected chi connectivity index (χ2v) is 8.62. The zero-order valence-corrected chi connectivity index (χ0v) is 17.0. The number of carbonyl (C=O) groups is 2. The Morgan fingerprint density at radius 2 is 1.33 bits per heavy atom. The van der Waals surface area contributed by atoms with Crippen LogP contribution in [-0.2, 0) is 14.3 Å². The minimum absolute atomic E-state index is 0.0160. The number of hydrogen-bond donors (Lipinski definition) is 0. The molecular formula is C23H19NO5S. The van der Waals surface area contributed by atoms with Crippen LogP contribution in [0.2, 0.25) is 0 Å². The maximum Gasteiger partial charge on any atom is 0.297 e. The summed E-state index contributed by atoms with van der Waals surface area (Å²) in [5, 5.41) is 0. The van der Waals surface area contributed by atoms with Gasteiger partial charge in [0.2, 0.25) is 0 Å². The van der Waals surface area contributed by atoms with Gasteiger partial charge in [0, 0.05) is 0 Å². The van der Waals surface area contributed by atoms with E-state index in [2.05, 4.69) is 0 Å². The number of fused-ring (bicyclic) bond motifs is 1. The molecule has 4 rings (SSSR count). The molecule has 7 heteroatoms. The summed E-state index contributed by atoms with van der Waals surface area (Å²) in [5.41, 5.74) is 2.11. The molecule has 0 bridgehead atoms. The maximum absolute atomic E-state index is 13.0. The second kappa shape index (κ2) is 7.85. The maximum atomic E-state index is 13.0. The average Bonchev–Trinajstić information content (AvgIpc) is 3.00. The summed E-state index contributed by atoms with van der Waals surface area (Å²) in [6.45, 7) is 1.47. The number of rotatable bonds is 6. The smallest absolute Gasteiger partial charge is 0.269 e. The lowest BCUT2D eigenvalue weighted by molar-refractivity contribution is 0.0531. The van der Waals surface area contributed by atoms with Gasteiger partial charge in [-0.2, -0.15) is 8.42 Å². The molecule has 0 radical (unpaired) electrons. The van der Waals surface area contributed by atoms with Crippen molar-refractivity contribution >= 4 is 21.9 Å². The van der Waals surface area contributed by atoms with E-state index in [1.807, 2.05) is 6.92 Å². The molecule has 6 nitrogen and oxygen atoms in total. The van der Waals surface area contributed by atoms with Crippen molar-refractivity contribution in [2.45, 2.75) is 17.9 Å². The van der Waals surface area contributed by atoms with E-state index in [0.29, 0.717) is 16.7 Å². The highest BCUT2D eigenvalue weighted by Gasteiger charge is 2.41. The Morgan fingerprint density at radius 3 is 1.90 bits per heavy atom. The Kier molecular flexibility index (Phi) is 5.24. The highest BCUT2D eigenvalue weighted by Crippen LogP contribution is 2.32. The lowest BCUT2D eigenvalue weighted by Gasteiger charge is -2.26. The largest absolute Gasteiger partial charge is 0.297 e. The normalized spacial score (nSPS) is 14.6. The molecule has 1 unspecified atom stereocenters. The van der Waals surface area contributed by atoms with Gasteiger partial charge in [-0.1, -0.05) is 60.2 Å². The van der Waals surface area contributed by atoms with Crippen LogP contribution >= 0.6 is 0 Å². The van der Waals surface area contributed by atoms with Gasteiger partial charge in [-0.15, -0.1) is 0 Å². The highest BCUT2D eigenvalue weighted by molar-refractivity contribution is 7.86. The summed E-state index contributed by atoms with van der Waals surface area (Å²) in [6, 6.07) is 20.7. The first kappa shape index (κ1) is 20.0. The predicted octanol–water partition coefficient (Wildman–Crippen LogP) is 3.74. The van der Waals surface area contributed by atoms with E-state index in [1.165, 1.54) is 12.1 Å². The minimum Gasteiger partial charge on any atom is -0.269 e. The first-order valence-electron chi connectivity index (χ1n) is 9.36. The lowest BCUT2D eigenvalue weighted by Crippen LogP contribution is -2.37. The fourth-order valence-electron chi connectivity index (χ4n) is 3.41. The third kappa shape index (κ3) is 3.65. The van der Waals surface area contributed by atoms with Crippen LogP contribution in [0.3, 0.4) is 0 Å². The van der Waals surface area contributed by atoms with Crippen LogP contribution in [0.1, 0.15) is 37.9 Å². The molecule has 0 saturated heterocycles. The number of nitrogens with zero attached hydrogens (tertiary/aromatic N) is 1. The van der Waals surface area contributed by atoms with Crippen molar-refractivity contribution < 1.29 is 22.2 Å². The van der Waals surface area contributed by atoms with E-state index in [9.17, 15) is 18.0 Å². The van der Waals surface area contributed by atoms with Gasteiger partial charge in [0.15, 0.2) is 0 Å². The second-order valence-electron chi connectivity index (χ2n) is 7.00. The van der Waals surface area contributed by atoms with Gasteiger partial charge in [-0.05, 0) is 36.8 Å². The SMILES string of the molecule is Cc1ccc(S(=O)(=O)OCC(c2ccccc2)N2C(=O)c3ccccc3C2=O)cc1. The Morgan fingerprint density at radius 1 is 0.800 bits per heavy atom. The molecule has 1 aliphatic rings. The summed E-state index contributed by atoms with van der Waals surface area (Å²) in [5.74, 6) is -0.943. The van der Waals surface area contributed by atoms with Crippen molar-refractivity contribution in [1.82, 2.24) is 4.90 Å². The summed E-state index contributed by atoms with van der Waals surface area (Å²) < 4.78 is 30.6. The molecule has 0 aromatic heterocycles. The van der Waals surface area contributed by atoms with Crippen LogP contribution in [0.4, 0.5) is 0 Å². The summed E-state index contributed by atoms with van der Waals surface area (Å²) in [4.78, 5) is 27.0. The molecule has 2 amide bonds. The molecule has 0 spiro atoms. The third-order valence-corrected chi connectivity index (χ3v) is 6.31. The molecule has 0 saturated carbocycles. The topological polar surface area (TPSA) is 80.8 Å². The van der Waals surface area contributed by atoms with Crippen LogP contribution in [0, 0.1) is 6.92 Å². The van der Waals surface area contributed by atoms with Crippen molar-refractivity contribution in [3.63, 3.8) is 0 Å². The Labute approximate surface area is 174 Å². The highest BCUT2D eigenvalue weighted by atomic mass is 32.2. The van der Waals surface area contributed by atoms with E-state index in [0.717, 1.165) is 10.5 Å². The molecule has 0 aliphatic carbocycles. The van der Waals surface area contributed by atoms with Crippen molar-refractivity contribution in [2.24, 2.45) is 0 Å². The predicted molar refractivity (Wildman–Crippen MR) is 110 cm³/mol. The molecule has 1 heterocycles. The Bertz CT molecular complexity index is 1170. The number of aryl methyl sites for hydroxylation is 1. The molecule has 30 heavy (non-hydrogen) atoms. The fourth-order valence-corrected chi connectivity index (χ4v) is 4.33. The van der Waals surface area contributed by atoms with Crippen molar-refractivity contribution in [1.29, 1.82) is 0 Å². The van der Waals surface area contributed by atoms with E-state index in [-0.39, 0.29) is 11.5 Å². The van der Waals surface area contributed by atoms with Crippen LogP contribution < -0.4 is 0 Å². The molecule has 0 N–H and O–H groups in total. The lowest BCUT2D eigenvalue weighted by atomic mass is 10.1. The van der Waals surface area contributed by atoms with E-state index < -0.39 is 28.0 Å². The summed E-state index contributed by atoms with van der Waals surface area (Å²) in [6.07, 6.45) is 0. The zero-order chi connectivity index (χ0) is 21.3. The number of benzene rings is 3. The minimum atomic E-state index is -4.06. The molecule has 152 valence electrons. The van der Waals surface area contributed by atoms with Gasteiger partial charge in [0.05, 0.1) is 28.7 Å². The van der Waals surface area contributed by atoms with Crippen molar-refractivity contribution in [3.05, 3.63) is 101 Å². The van der Waals surface area contributed by atoms with Crippen LogP contribution in [0.5, 0.6) is 0 Å². The first-order chi connectivity index (χ1) is 14.4. The first-order valence-corrected chi connectivity index (χ1v) is 10.8. The molecule has 0 fully saturated rings. The Hall–Kier alpha value is -3.29. The van der Waals surface area contributed by atoms with Gasteiger partial charge >= 0.3 is 0 Å². The summed E-state index contributed by atoms with van der Waals surface area (Å²) in [7, 11) is -4.06. The van der Waals surface area contributed by atoms with Gasteiger partial charge in [0.1, 0.15) is 0 Å². The number of amides is 2. The van der Waals surface area contributed by atoms with Crippen molar-refractivity contribution in [2.75, 3.05) is 6.61 Å². The zero-order valence-electron chi connectivity index (χ0n) is 16.2. The van der Waals surface area contributed by atoms with E-state index in [4.69, 9.17) is 4.18 Å². The van der Waals surface area contributed by atoms with Gasteiger partial charge < -0.3 is 0 Å². The van der Waals surface area contributed by atoms with E-state index >= 15 is 0 Å². The monoisotopic (exact) mass is 421 g/mol.